The normalized spacial score (nSPS) is 13.0. The van der Waals surface area contributed by atoms with Crippen molar-refractivity contribution in [3.63, 3.8) is 0 Å². The second-order valence-corrected chi connectivity index (χ2v) is 5.82. The monoisotopic (exact) mass is 356 g/mol. The number of H-pyrrole nitrogens is 1. The van der Waals surface area contributed by atoms with Gasteiger partial charge in [-0.05, 0) is 24.1 Å². The molecule has 0 aliphatic rings. The minimum absolute atomic E-state index is 0.0741. The quantitative estimate of drug-likeness (QED) is 0.783. The van der Waals surface area contributed by atoms with Crippen molar-refractivity contribution in [3.8, 4) is 0 Å². The molecule has 0 fully saturated rings. The van der Waals surface area contributed by atoms with Gasteiger partial charge in [0, 0.05) is 17.1 Å². The van der Waals surface area contributed by atoms with E-state index < -0.39 is 41.0 Å². The fraction of sp³-hybridized carbons (Fsp3) is 0.312. The van der Waals surface area contributed by atoms with Gasteiger partial charge in [-0.1, -0.05) is 13.8 Å². The van der Waals surface area contributed by atoms with Crippen LogP contribution < -0.4 is 10.7 Å². The molecular formula is C16H15F3N2O4. The molecule has 0 bridgehead atoms. The predicted molar refractivity (Wildman–Crippen MR) is 83.3 cm³/mol. The minimum atomic E-state index is -4.56. The van der Waals surface area contributed by atoms with Crippen LogP contribution in [0.3, 0.4) is 0 Å². The predicted octanol–water partition coefficient (Wildman–Crippen LogP) is 2.39. The first-order chi connectivity index (χ1) is 11.5. The van der Waals surface area contributed by atoms with E-state index >= 15 is 0 Å². The van der Waals surface area contributed by atoms with E-state index in [0.717, 1.165) is 24.4 Å². The molecule has 6 nitrogen and oxygen atoms in total. The van der Waals surface area contributed by atoms with Gasteiger partial charge in [0.2, 0.25) is 5.43 Å². The second kappa shape index (κ2) is 6.58. The van der Waals surface area contributed by atoms with Crippen molar-refractivity contribution in [3.05, 3.63) is 45.7 Å². The molecule has 1 aromatic heterocycles. The van der Waals surface area contributed by atoms with Crippen LogP contribution in [0.25, 0.3) is 10.9 Å². The molecule has 1 atom stereocenters. The van der Waals surface area contributed by atoms with Crippen molar-refractivity contribution in [1.29, 1.82) is 0 Å². The number of aromatic nitrogens is 1. The number of nitrogens with one attached hydrogen (secondary N) is 2. The van der Waals surface area contributed by atoms with Gasteiger partial charge in [0.15, 0.2) is 0 Å². The van der Waals surface area contributed by atoms with E-state index in [-0.39, 0.29) is 16.5 Å². The molecule has 1 amide bonds. The van der Waals surface area contributed by atoms with Crippen molar-refractivity contribution in [2.24, 2.45) is 5.92 Å². The van der Waals surface area contributed by atoms with Gasteiger partial charge in [-0.15, -0.1) is 0 Å². The maximum atomic E-state index is 12.7. The number of rotatable bonds is 4. The van der Waals surface area contributed by atoms with Gasteiger partial charge in [0.25, 0.3) is 5.91 Å². The summed E-state index contributed by atoms with van der Waals surface area (Å²) in [7, 11) is 0. The molecule has 2 aromatic rings. The molecule has 0 radical (unpaired) electrons. The third-order valence-corrected chi connectivity index (χ3v) is 3.67. The highest BCUT2D eigenvalue weighted by atomic mass is 19.4. The van der Waals surface area contributed by atoms with Crippen LogP contribution in [-0.2, 0) is 11.0 Å². The van der Waals surface area contributed by atoms with Gasteiger partial charge in [-0.25, -0.2) is 4.79 Å². The van der Waals surface area contributed by atoms with Crippen LogP contribution in [0.2, 0.25) is 0 Å². The van der Waals surface area contributed by atoms with Crippen LogP contribution in [0.4, 0.5) is 13.2 Å². The van der Waals surface area contributed by atoms with E-state index in [0.29, 0.717) is 0 Å². The molecule has 0 aliphatic heterocycles. The number of carboxylic acids is 1. The van der Waals surface area contributed by atoms with Crippen LogP contribution in [0.15, 0.2) is 29.2 Å². The Bertz CT molecular complexity index is 887. The molecule has 0 unspecified atom stereocenters. The number of hydrogen-bond donors (Lipinski definition) is 3. The number of halogens is 3. The van der Waals surface area contributed by atoms with E-state index in [1.165, 1.54) is 0 Å². The Balaban J connectivity index is 2.43. The Kier molecular flexibility index (Phi) is 4.87. The van der Waals surface area contributed by atoms with Crippen LogP contribution in [0.5, 0.6) is 0 Å². The second-order valence-electron chi connectivity index (χ2n) is 5.82. The average Bonchev–Trinajstić information content (AvgIpc) is 2.50. The zero-order chi connectivity index (χ0) is 18.9. The minimum Gasteiger partial charge on any atom is -0.480 e. The number of aromatic amines is 1. The van der Waals surface area contributed by atoms with Crippen molar-refractivity contribution < 1.29 is 27.9 Å². The number of hydrogen-bond acceptors (Lipinski definition) is 3. The zero-order valence-electron chi connectivity index (χ0n) is 13.3. The number of aliphatic carboxylic acids is 1. The number of carbonyl (C=O) groups excluding carboxylic acids is 1. The number of pyridine rings is 1. The third kappa shape index (κ3) is 3.81. The van der Waals surface area contributed by atoms with Crippen molar-refractivity contribution >= 4 is 22.8 Å². The first-order valence-electron chi connectivity index (χ1n) is 7.28. The summed E-state index contributed by atoms with van der Waals surface area (Å²) < 4.78 is 38.1. The fourth-order valence-corrected chi connectivity index (χ4v) is 2.30. The summed E-state index contributed by atoms with van der Waals surface area (Å²) in [6.45, 7) is 3.17. The molecule has 0 aliphatic carbocycles. The highest BCUT2D eigenvalue weighted by molar-refractivity contribution is 5.99. The summed E-state index contributed by atoms with van der Waals surface area (Å²) in [6, 6.07) is 1.29. The van der Waals surface area contributed by atoms with Gasteiger partial charge in [0.1, 0.15) is 11.6 Å². The molecule has 3 N–H and O–H groups in total. The summed E-state index contributed by atoms with van der Waals surface area (Å²) in [5.41, 5.74) is -2.17. The molecule has 1 aromatic carbocycles. The number of carboxylic acid groups (broad SMARTS) is 1. The smallest absolute Gasteiger partial charge is 0.416 e. The highest BCUT2D eigenvalue weighted by Gasteiger charge is 2.31. The van der Waals surface area contributed by atoms with Gasteiger partial charge in [0.05, 0.1) is 5.56 Å². The molecule has 9 heteroatoms. The van der Waals surface area contributed by atoms with Crippen LogP contribution in [0, 0.1) is 5.92 Å². The number of amides is 1. The summed E-state index contributed by atoms with van der Waals surface area (Å²) in [5, 5.41) is 11.2. The topological polar surface area (TPSA) is 99.3 Å². The molecule has 1 heterocycles. The van der Waals surface area contributed by atoms with Crippen molar-refractivity contribution in [2.75, 3.05) is 0 Å². The molecule has 134 valence electrons. The maximum Gasteiger partial charge on any atom is 0.416 e. The summed E-state index contributed by atoms with van der Waals surface area (Å²) in [5.74, 6) is -2.59. The molecule has 2 rings (SSSR count). The first-order valence-corrected chi connectivity index (χ1v) is 7.28. The standard InChI is InChI=1S/C16H15F3N2O4/c1-7(2)12(15(24)25)21-14(23)10-6-20-11-5-8(16(17,18)19)3-4-9(11)13(10)22/h3-7,12H,1-2H3,(H,20,22)(H,21,23)(H,24,25)/t12-/m0/s1. The Morgan fingerprint density at radius 3 is 2.40 bits per heavy atom. The lowest BCUT2D eigenvalue weighted by Crippen LogP contribution is -2.45. The van der Waals surface area contributed by atoms with E-state index in [1.807, 2.05) is 0 Å². The lowest BCUT2D eigenvalue weighted by atomic mass is 10.0. The Labute approximate surface area is 139 Å². The van der Waals surface area contributed by atoms with Gasteiger partial charge in [-0.3, -0.25) is 9.59 Å². The Hall–Kier alpha value is -2.84. The van der Waals surface area contributed by atoms with Crippen LogP contribution in [0.1, 0.15) is 29.8 Å². The number of carbonyl (C=O) groups is 2. The van der Waals surface area contributed by atoms with E-state index in [1.54, 1.807) is 13.8 Å². The van der Waals surface area contributed by atoms with Crippen LogP contribution in [-0.4, -0.2) is 28.0 Å². The Morgan fingerprint density at radius 1 is 1.24 bits per heavy atom. The summed E-state index contributed by atoms with van der Waals surface area (Å²) in [4.78, 5) is 38.1. The molecule has 0 spiro atoms. The van der Waals surface area contributed by atoms with E-state index in [9.17, 15) is 27.6 Å². The first kappa shape index (κ1) is 18.5. The van der Waals surface area contributed by atoms with Gasteiger partial charge in [-0.2, -0.15) is 13.2 Å². The fourth-order valence-electron chi connectivity index (χ4n) is 2.30. The highest BCUT2D eigenvalue weighted by Crippen LogP contribution is 2.30. The van der Waals surface area contributed by atoms with Gasteiger partial charge >= 0.3 is 12.1 Å². The maximum absolute atomic E-state index is 12.7. The largest absolute Gasteiger partial charge is 0.480 e. The van der Waals surface area contributed by atoms with Gasteiger partial charge < -0.3 is 15.4 Å². The molecular weight excluding hydrogens is 341 g/mol. The number of benzene rings is 1. The molecule has 0 saturated heterocycles. The number of fused-ring (bicyclic) bond motifs is 1. The summed E-state index contributed by atoms with van der Waals surface area (Å²) >= 11 is 0. The SMILES string of the molecule is CC(C)[C@H](NC(=O)c1c[nH]c2cc(C(F)(F)F)ccc2c1=O)C(=O)O. The van der Waals surface area contributed by atoms with E-state index in [4.69, 9.17) is 5.11 Å². The Morgan fingerprint density at radius 2 is 1.88 bits per heavy atom. The molecule has 25 heavy (non-hydrogen) atoms. The lowest BCUT2D eigenvalue weighted by molar-refractivity contribution is -0.140. The van der Waals surface area contributed by atoms with E-state index in [2.05, 4.69) is 10.3 Å². The summed E-state index contributed by atoms with van der Waals surface area (Å²) in [6.07, 6.45) is -3.59. The van der Waals surface area contributed by atoms with Crippen molar-refractivity contribution in [1.82, 2.24) is 10.3 Å². The number of alkyl halides is 3. The average molecular weight is 356 g/mol. The third-order valence-electron chi connectivity index (χ3n) is 3.67. The molecule has 0 saturated carbocycles. The lowest BCUT2D eigenvalue weighted by Gasteiger charge is -2.17. The van der Waals surface area contributed by atoms with Crippen LogP contribution >= 0.6 is 0 Å². The van der Waals surface area contributed by atoms with Crippen molar-refractivity contribution in [2.45, 2.75) is 26.1 Å². The zero-order valence-corrected chi connectivity index (χ0v) is 13.3.